The molecule has 1 aliphatic heterocycles. The fourth-order valence-electron chi connectivity index (χ4n) is 2.35. The molecule has 96 valence electrons. The number of hydrogen-bond acceptors (Lipinski definition) is 3. The maximum Gasteiger partial charge on any atom is 0.306 e. The average molecular weight is 241 g/mol. The Bertz CT molecular complexity index is 339. The lowest BCUT2D eigenvalue weighted by Crippen LogP contribution is -2.47. The van der Waals surface area contributed by atoms with E-state index in [2.05, 4.69) is 13.8 Å². The van der Waals surface area contributed by atoms with Crippen LogP contribution < -0.4 is 0 Å². The molecule has 2 atom stereocenters. The number of hydrogen-bond donors (Lipinski definition) is 1. The van der Waals surface area contributed by atoms with Gasteiger partial charge in [-0.05, 0) is 11.8 Å². The third kappa shape index (κ3) is 2.77. The van der Waals surface area contributed by atoms with Gasteiger partial charge < -0.3 is 14.7 Å². The summed E-state index contributed by atoms with van der Waals surface area (Å²) < 4.78 is 5.35. The molecule has 0 spiro atoms. The smallest absolute Gasteiger partial charge is 0.306 e. The fourth-order valence-corrected chi connectivity index (χ4v) is 2.35. The van der Waals surface area contributed by atoms with E-state index < -0.39 is 5.97 Å². The molecule has 0 aromatic heterocycles. The Morgan fingerprint density at radius 1 is 1.47 bits per heavy atom. The number of nitrogens with zero attached hydrogens (tertiary/aromatic N) is 1. The first kappa shape index (κ1) is 12.4. The molecule has 2 rings (SSSR count). The lowest BCUT2D eigenvalue weighted by atomic mass is 10.1. The van der Waals surface area contributed by atoms with E-state index >= 15 is 0 Å². The van der Waals surface area contributed by atoms with Crippen molar-refractivity contribution >= 4 is 11.9 Å². The third-order valence-corrected chi connectivity index (χ3v) is 3.66. The number of aliphatic carboxylic acids is 1. The fraction of sp³-hybridized carbons (Fsp3) is 0.833. The Kier molecular flexibility index (Phi) is 3.12. The Hall–Kier alpha value is -1.10. The minimum Gasteiger partial charge on any atom is -0.481 e. The van der Waals surface area contributed by atoms with Gasteiger partial charge >= 0.3 is 5.97 Å². The standard InChI is InChI=1S/C12H19NO4/c1-12(2)6-9(12)11(16)13-3-4-17-8(7-13)5-10(14)15/h8-9H,3-7H2,1-2H3,(H,14,15)/t8?,9-/m1/s1. The van der Waals surface area contributed by atoms with Crippen molar-refractivity contribution in [2.75, 3.05) is 19.7 Å². The van der Waals surface area contributed by atoms with Crippen LogP contribution >= 0.6 is 0 Å². The van der Waals surface area contributed by atoms with Gasteiger partial charge in [-0.3, -0.25) is 9.59 Å². The van der Waals surface area contributed by atoms with Crippen LogP contribution in [-0.2, 0) is 14.3 Å². The lowest BCUT2D eigenvalue weighted by Gasteiger charge is -2.32. The molecule has 0 aromatic rings. The van der Waals surface area contributed by atoms with E-state index in [0.717, 1.165) is 6.42 Å². The van der Waals surface area contributed by atoms with Gasteiger partial charge in [0.15, 0.2) is 0 Å². The predicted octanol–water partition coefficient (Wildman–Crippen LogP) is 0.735. The van der Waals surface area contributed by atoms with E-state index in [0.29, 0.717) is 19.7 Å². The molecule has 1 saturated carbocycles. The van der Waals surface area contributed by atoms with E-state index in [9.17, 15) is 9.59 Å². The Labute approximate surface area is 101 Å². The van der Waals surface area contributed by atoms with Crippen molar-refractivity contribution < 1.29 is 19.4 Å². The highest BCUT2D eigenvalue weighted by Crippen LogP contribution is 2.52. The van der Waals surface area contributed by atoms with E-state index in [1.54, 1.807) is 4.90 Å². The molecular formula is C12H19NO4. The Morgan fingerprint density at radius 2 is 2.12 bits per heavy atom. The van der Waals surface area contributed by atoms with Crippen LogP contribution in [0.4, 0.5) is 0 Å². The summed E-state index contributed by atoms with van der Waals surface area (Å²) in [5, 5.41) is 8.71. The van der Waals surface area contributed by atoms with Crippen LogP contribution in [0.1, 0.15) is 26.7 Å². The summed E-state index contributed by atoms with van der Waals surface area (Å²) in [6.45, 7) is 5.62. The van der Waals surface area contributed by atoms with Gasteiger partial charge in [0.1, 0.15) is 0 Å². The summed E-state index contributed by atoms with van der Waals surface area (Å²) in [6.07, 6.45) is 0.553. The molecule has 5 nitrogen and oxygen atoms in total. The minimum absolute atomic E-state index is 0.0299. The SMILES string of the molecule is CC1(C)C[C@@H]1C(=O)N1CCOC(CC(=O)O)C1. The molecular weight excluding hydrogens is 222 g/mol. The van der Waals surface area contributed by atoms with Crippen molar-refractivity contribution in [3.8, 4) is 0 Å². The molecule has 0 radical (unpaired) electrons. The predicted molar refractivity (Wildman–Crippen MR) is 60.5 cm³/mol. The Morgan fingerprint density at radius 3 is 2.65 bits per heavy atom. The zero-order chi connectivity index (χ0) is 12.6. The molecule has 1 saturated heterocycles. The molecule has 5 heteroatoms. The van der Waals surface area contributed by atoms with Gasteiger partial charge in [-0.25, -0.2) is 0 Å². The first-order chi connectivity index (χ1) is 7.90. The largest absolute Gasteiger partial charge is 0.481 e. The molecule has 1 amide bonds. The van der Waals surface area contributed by atoms with Crippen molar-refractivity contribution in [3.05, 3.63) is 0 Å². The van der Waals surface area contributed by atoms with Crippen LogP contribution in [0.5, 0.6) is 0 Å². The highest BCUT2D eigenvalue weighted by Gasteiger charge is 2.52. The number of carbonyl (C=O) groups excluding carboxylic acids is 1. The summed E-state index contributed by atoms with van der Waals surface area (Å²) >= 11 is 0. The summed E-state index contributed by atoms with van der Waals surface area (Å²) in [4.78, 5) is 24.5. The topological polar surface area (TPSA) is 66.8 Å². The van der Waals surface area contributed by atoms with Crippen molar-refractivity contribution in [2.24, 2.45) is 11.3 Å². The van der Waals surface area contributed by atoms with E-state index in [1.165, 1.54) is 0 Å². The molecule has 2 fully saturated rings. The molecule has 1 N–H and O–H groups in total. The van der Waals surface area contributed by atoms with Gasteiger partial charge in [0, 0.05) is 19.0 Å². The van der Waals surface area contributed by atoms with Gasteiger partial charge in [0.05, 0.1) is 19.1 Å². The summed E-state index contributed by atoms with van der Waals surface area (Å²) in [5.74, 6) is -0.601. The van der Waals surface area contributed by atoms with E-state index in [4.69, 9.17) is 9.84 Å². The van der Waals surface area contributed by atoms with E-state index in [1.807, 2.05) is 0 Å². The van der Waals surface area contributed by atoms with Gasteiger partial charge in [-0.15, -0.1) is 0 Å². The number of carboxylic acids is 1. The monoisotopic (exact) mass is 241 g/mol. The molecule has 1 unspecified atom stereocenters. The maximum absolute atomic E-state index is 12.1. The first-order valence-corrected chi connectivity index (χ1v) is 6.02. The molecule has 1 aliphatic carbocycles. The van der Waals surface area contributed by atoms with Crippen LogP contribution in [0, 0.1) is 11.3 Å². The number of carbonyl (C=O) groups is 2. The molecule has 17 heavy (non-hydrogen) atoms. The number of morpholine rings is 1. The van der Waals surface area contributed by atoms with Gasteiger partial charge in [-0.1, -0.05) is 13.8 Å². The van der Waals surface area contributed by atoms with Gasteiger partial charge in [-0.2, -0.15) is 0 Å². The van der Waals surface area contributed by atoms with Crippen LogP contribution in [0.2, 0.25) is 0 Å². The number of rotatable bonds is 3. The van der Waals surface area contributed by atoms with Crippen molar-refractivity contribution in [2.45, 2.75) is 32.8 Å². The van der Waals surface area contributed by atoms with Crippen molar-refractivity contribution in [1.82, 2.24) is 4.90 Å². The number of ether oxygens (including phenoxy) is 1. The molecule has 0 bridgehead atoms. The second kappa shape index (κ2) is 4.29. The minimum atomic E-state index is -0.879. The number of carboxylic acid groups (broad SMARTS) is 1. The zero-order valence-corrected chi connectivity index (χ0v) is 10.3. The van der Waals surface area contributed by atoms with Crippen molar-refractivity contribution in [3.63, 3.8) is 0 Å². The maximum atomic E-state index is 12.1. The van der Waals surface area contributed by atoms with Crippen LogP contribution in [-0.4, -0.2) is 47.7 Å². The normalized spacial score (nSPS) is 31.1. The zero-order valence-electron chi connectivity index (χ0n) is 10.3. The molecule has 2 aliphatic rings. The highest BCUT2D eigenvalue weighted by atomic mass is 16.5. The second-order valence-corrected chi connectivity index (χ2v) is 5.62. The summed E-state index contributed by atoms with van der Waals surface area (Å²) in [6, 6.07) is 0. The van der Waals surface area contributed by atoms with Gasteiger partial charge in [0.2, 0.25) is 5.91 Å². The quantitative estimate of drug-likeness (QED) is 0.791. The highest BCUT2D eigenvalue weighted by molar-refractivity contribution is 5.82. The molecule has 1 heterocycles. The summed E-state index contributed by atoms with van der Waals surface area (Å²) in [7, 11) is 0. The van der Waals surface area contributed by atoms with E-state index in [-0.39, 0.29) is 29.8 Å². The molecule has 0 aromatic carbocycles. The van der Waals surface area contributed by atoms with Crippen molar-refractivity contribution in [1.29, 1.82) is 0 Å². The lowest BCUT2D eigenvalue weighted by molar-refractivity contribution is -0.148. The second-order valence-electron chi connectivity index (χ2n) is 5.62. The van der Waals surface area contributed by atoms with Crippen LogP contribution in [0.25, 0.3) is 0 Å². The van der Waals surface area contributed by atoms with Crippen LogP contribution in [0.15, 0.2) is 0 Å². The third-order valence-electron chi connectivity index (χ3n) is 3.66. The Balaban J connectivity index is 1.89. The van der Waals surface area contributed by atoms with Crippen LogP contribution in [0.3, 0.4) is 0 Å². The number of amides is 1. The average Bonchev–Trinajstić information content (AvgIpc) is 2.86. The summed E-state index contributed by atoms with van der Waals surface area (Å²) in [5.41, 5.74) is 0.123. The first-order valence-electron chi connectivity index (χ1n) is 6.02. The van der Waals surface area contributed by atoms with Gasteiger partial charge in [0.25, 0.3) is 0 Å².